The van der Waals surface area contributed by atoms with Gasteiger partial charge < -0.3 is 24.6 Å². The molecule has 1 saturated heterocycles. The highest BCUT2D eigenvalue weighted by Crippen LogP contribution is 2.41. The van der Waals surface area contributed by atoms with Gasteiger partial charge in [0.25, 0.3) is 11.7 Å². The molecule has 1 fully saturated rings. The molecule has 2 unspecified atom stereocenters. The Bertz CT molecular complexity index is 1090. The van der Waals surface area contributed by atoms with Gasteiger partial charge in [-0.1, -0.05) is 19.1 Å². The monoisotopic (exact) mass is 451 g/mol. The van der Waals surface area contributed by atoms with Crippen LogP contribution < -0.4 is 9.47 Å². The fourth-order valence-electron chi connectivity index (χ4n) is 4.45. The van der Waals surface area contributed by atoms with Gasteiger partial charge in [0.2, 0.25) is 0 Å². The predicted molar refractivity (Wildman–Crippen MR) is 123 cm³/mol. The van der Waals surface area contributed by atoms with E-state index in [1.54, 1.807) is 30.3 Å². The van der Waals surface area contributed by atoms with E-state index in [9.17, 15) is 14.7 Å². The Morgan fingerprint density at radius 2 is 2.03 bits per heavy atom. The summed E-state index contributed by atoms with van der Waals surface area (Å²) in [7, 11) is 0. The first-order valence-corrected chi connectivity index (χ1v) is 11.4. The molecule has 174 valence electrons. The molecule has 4 rings (SSSR count). The molecule has 2 aromatic rings. The lowest BCUT2D eigenvalue weighted by atomic mass is 9.94. The van der Waals surface area contributed by atoms with E-state index in [1.165, 1.54) is 4.90 Å². The summed E-state index contributed by atoms with van der Waals surface area (Å²) in [5.74, 6) is -0.150. The normalized spacial score (nSPS) is 21.2. The van der Waals surface area contributed by atoms with Crippen LogP contribution in [0.3, 0.4) is 0 Å². The number of nitrogens with zero attached hydrogens (tertiary/aromatic N) is 1. The summed E-state index contributed by atoms with van der Waals surface area (Å²) >= 11 is 0. The first-order valence-electron chi connectivity index (χ1n) is 11.4. The Hall–Kier alpha value is -3.32. The summed E-state index contributed by atoms with van der Waals surface area (Å²) in [6.07, 6.45) is 1.95. The van der Waals surface area contributed by atoms with Crippen LogP contribution in [0.25, 0.3) is 5.76 Å². The number of hydrogen-bond donors (Lipinski definition) is 2. The van der Waals surface area contributed by atoms with Crippen LogP contribution in [0.15, 0.2) is 48.0 Å². The van der Waals surface area contributed by atoms with Gasteiger partial charge in [-0.2, -0.15) is 0 Å². The van der Waals surface area contributed by atoms with E-state index in [0.717, 1.165) is 17.7 Å². The van der Waals surface area contributed by atoms with Crippen LogP contribution in [0.2, 0.25) is 0 Å². The Morgan fingerprint density at radius 1 is 1.21 bits per heavy atom. The second kappa shape index (κ2) is 9.67. The van der Waals surface area contributed by atoms with Gasteiger partial charge in [-0.15, -0.1) is 0 Å². The number of rotatable bonds is 8. The molecule has 0 saturated carbocycles. The number of Topliss-reactive ketones (excluding diaryl/α,β-unsaturated/α-hetero) is 1. The SMILES string of the molecule is CCCN1C(=O)C(=O)/C(=C(\O)c2ccc3c(c2)CC(C)O3)C1c1cccc(OCCCO)c1. The Balaban J connectivity index is 1.77. The number of aliphatic hydroxyl groups is 2. The minimum absolute atomic E-state index is 0.0287. The number of likely N-dealkylation sites (tertiary alicyclic amines) is 1. The smallest absolute Gasteiger partial charge is 0.295 e. The highest BCUT2D eigenvalue weighted by molar-refractivity contribution is 6.46. The van der Waals surface area contributed by atoms with Crippen LogP contribution in [0.1, 0.15) is 49.4 Å². The number of hydrogen-bond acceptors (Lipinski definition) is 6. The average Bonchev–Trinajstić information content (AvgIpc) is 3.30. The van der Waals surface area contributed by atoms with Crippen molar-refractivity contribution in [3.63, 3.8) is 0 Å². The van der Waals surface area contributed by atoms with Crippen molar-refractivity contribution in [2.75, 3.05) is 19.8 Å². The van der Waals surface area contributed by atoms with Crippen LogP contribution in [-0.2, 0) is 16.0 Å². The molecule has 2 N–H and O–H groups in total. The van der Waals surface area contributed by atoms with Crippen molar-refractivity contribution in [1.29, 1.82) is 0 Å². The quantitative estimate of drug-likeness (QED) is 0.276. The van der Waals surface area contributed by atoms with Crippen LogP contribution in [0.4, 0.5) is 0 Å². The van der Waals surface area contributed by atoms with Crippen LogP contribution in [-0.4, -0.2) is 52.7 Å². The lowest BCUT2D eigenvalue weighted by Gasteiger charge is -2.25. The minimum Gasteiger partial charge on any atom is -0.507 e. The largest absolute Gasteiger partial charge is 0.507 e. The summed E-state index contributed by atoms with van der Waals surface area (Å²) in [6.45, 7) is 4.68. The lowest BCUT2D eigenvalue weighted by molar-refractivity contribution is -0.139. The van der Waals surface area contributed by atoms with Crippen LogP contribution in [0.5, 0.6) is 11.5 Å². The molecule has 0 aliphatic carbocycles. The molecule has 2 aliphatic heterocycles. The van der Waals surface area contributed by atoms with Gasteiger partial charge in [0.05, 0.1) is 18.2 Å². The molecule has 33 heavy (non-hydrogen) atoms. The van der Waals surface area contributed by atoms with Crippen molar-refractivity contribution in [1.82, 2.24) is 4.90 Å². The lowest BCUT2D eigenvalue weighted by Crippen LogP contribution is -2.30. The molecule has 2 aliphatic rings. The summed E-state index contributed by atoms with van der Waals surface area (Å²) in [6, 6.07) is 11.8. The summed E-state index contributed by atoms with van der Waals surface area (Å²) in [5.41, 5.74) is 2.21. The molecule has 2 atom stereocenters. The van der Waals surface area contributed by atoms with Crippen molar-refractivity contribution in [3.8, 4) is 11.5 Å². The van der Waals surface area contributed by atoms with Crippen LogP contribution in [0, 0.1) is 0 Å². The molecule has 0 spiro atoms. The number of aliphatic hydroxyl groups excluding tert-OH is 2. The molecule has 7 nitrogen and oxygen atoms in total. The maximum atomic E-state index is 13.1. The van der Waals surface area contributed by atoms with Gasteiger partial charge in [0.1, 0.15) is 23.4 Å². The van der Waals surface area contributed by atoms with Gasteiger partial charge in [-0.05, 0) is 54.8 Å². The molecular weight excluding hydrogens is 422 g/mol. The maximum Gasteiger partial charge on any atom is 0.295 e. The molecule has 0 aromatic heterocycles. The van der Waals surface area contributed by atoms with Gasteiger partial charge >= 0.3 is 0 Å². The standard InChI is InChI=1S/C26H29NO6/c1-3-10-27-23(17-6-4-7-20(15-17)32-12-5-11-28)22(25(30)26(27)31)24(29)18-8-9-21-19(14-18)13-16(2)33-21/h4,6-9,14-16,23,28-29H,3,5,10-13H2,1-2H3/b24-22-. The van der Waals surface area contributed by atoms with Crippen molar-refractivity contribution in [3.05, 3.63) is 64.7 Å². The van der Waals surface area contributed by atoms with Crippen molar-refractivity contribution in [2.24, 2.45) is 0 Å². The number of benzene rings is 2. The summed E-state index contributed by atoms with van der Waals surface area (Å²) in [5, 5.41) is 20.2. The van der Waals surface area contributed by atoms with E-state index in [-0.39, 0.29) is 24.0 Å². The third-order valence-corrected chi connectivity index (χ3v) is 5.92. The maximum absolute atomic E-state index is 13.1. The fraction of sp³-hybridized carbons (Fsp3) is 0.385. The predicted octanol–water partition coefficient (Wildman–Crippen LogP) is 3.60. The van der Waals surface area contributed by atoms with E-state index in [4.69, 9.17) is 14.6 Å². The fourth-order valence-corrected chi connectivity index (χ4v) is 4.45. The zero-order valence-electron chi connectivity index (χ0n) is 18.9. The van der Waals surface area contributed by atoms with Crippen LogP contribution >= 0.6 is 0 Å². The topological polar surface area (TPSA) is 96.3 Å². The van der Waals surface area contributed by atoms with E-state index in [1.807, 2.05) is 26.0 Å². The molecule has 1 amide bonds. The molecule has 0 radical (unpaired) electrons. The Morgan fingerprint density at radius 3 is 2.79 bits per heavy atom. The summed E-state index contributed by atoms with van der Waals surface area (Å²) < 4.78 is 11.4. The second-order valence-electron chi connectivity index (χ2n) is 8.45. The second-order valence-corrected chi connectivity index (χ2v) is 8.45. The Labute approximate surface area is 193 Å². The first kappa shape index (κ1) is 22.9. The van der Waals surface area contributed by atoms with Gasteiger partial charge in [-0.25, -0.2) is 0 Å². The molecule has 7 heteroatoms. The average molecular weight is 452 g/mol. The van der Waals surface area contributed by atoms with Gasteiger partial charge in [-0.3, -0.25) is 9.59 Å². The zero-order chi connectivity index (χ0) is 23.5. The minimum atomic E-state index is -0.713. The zero-order valence-corrected chi connectivity index (χ0v) is 18.9. The third kappa shape index (κ3) is 4.46. The first-order chi connectivity index (χ1) is 15.9. The van der Waals surface area contributed by atoms with E-state index >= 15 is 0 Å². The number of ketones is 1. The van der Waals surface area contributed by atoms with Gasteiger partial charge in [0, 0.05) is 31.6 Å². The number of fused-ring (bicyclic) bond motifs is 1. The molecule has 2 aromatic carbocycles. The number of amides is 1. The molecule has 0 bridgehead atoms. The van der Waals surface area contributed by atoms with Crippen molar-refractivity contribution in [2.45, 2.75) is 45.3 Å². The number of carbonyl (C=O) groups is 2. The van der Waals surface area contributed by atoms with E-state index < -0.39 is 17.7 Å². The van der Waals surface area contributed by atoms with Crippen molar-refractivity contribution >= 4 is 17.4 Å². The van der Waals surface area contributed by atoms with Crippen molar-refractivity contribution < 1.29 is 29.3 Å². The summed E-state index contributed by atoms with van der Waals surface area (Å²) in [4.78, 5) is 27.5. The highest BCUT2D eigenvalue weighted by atomic mass is 16.5. The molecule has 2 heterocycles. The van der Waals surface area contributed by atoms with E-state index in [0.29, 0.717) is 42.9 Å². The third-order valence-electron chi connectivity index (χ3n) is 5.92. The van der Waals surface area contributed by atoms with Gasteiger partial charge in [0.15, 0.2) is 0 Å². The Kier molecular flexibility index (Phi) is 6.70. The van der Waals surface area contributed by atoms with E-state index in [2.05, 4.69) is 0 Å². The number of carbonyl (C=O) groups excluding carboxylic acids is 2. The molecular formula is C26H29NO6. The highest BCUT2D eigenvalue weighted by Gasteiger charge is 2.45. The number of ether oxygens (including phenoxy) is 2.